The van der Waals surface area contributed by atoms with Crippen molar-refractivity contribution in [2.45, 2.75) is 6.92 Å². The number of carbonyl (C=O) groups is 3. The van der Waals surface area contributed by atoms with E-state index in [0.29, 0.717) is 16.2 Å². The molecule has 29 heavy (non-hydrogen) atoms. The van der Waals surface area contributed by atoms with E-state index in [2.05, 4.69) is 5.32 Å². The average molecular weight is 418 g/mol. The summed E-state index contributed by atoms with van der Waals surface area (Å²) in [5.74, 6) is -3.43. The molecule has 0 atom stereocenters. The predicted molar refractivity (Wildman–Crippen MR) is 106 cm³/mol. The van der Waals surface area contributed by atoms with E-state index in [1.807, 2.05) is 0 Å². The average Bonchev–Trinajstić information content (AvgIpc) is 2.92. The molecular weight excluding hydrogens is 402 g/mol. The van der Waals surface area contributed by atoms with Crippen LogP contribution >= 0.6 is 11.8 Å². The van der Waals surface area contributed by atoms with E-state index in [1.165, 1.54) is 19.1 Å². The summed E-state index contributed by atoms with van der Waals surface area (Å²) >= 11 is 0.954. The van der Waals surface area contributed by atoms with Gasteiger partial charge in [0.15, 0.2) is 0 Å². The van der Waals surface area contributed by atoms with Gasteiger partial charge in [-0.1, -0.05) is 12.1 Å². The van der Waals surface area contributed by atoms with E-state index in [9.17, 15) is 23.2 Å². The second-order valence-electron chi connectivity index (χ2n) is 6.08. The van der Waals surface area contributed by atoms with Gasteiger partial charge in [-0.15, -0.1) is 11.8 Å². The Balaban J connectivity index is 2.05. The molecule has 0 saturated heterocycles. The number of imide groups is 1. The van der Waals surface area contributed by atoms with Crippen LogP contribution in [0.15, 0.2) is 47.4 Å². The SMILES string of the molecule is CC(=O)Nc1ccc(C2=C(SCCO)C(=O)N(c3cc(F)ccc3F)C2=O)cc1. The summed E-state index contributed by atoms with van der Waals surface area (Å²) in [6, 6.07) is 8.70. The highest BCUT2D eigenvalue weighted by molar-refractivity contribution is 8.04. The number of hydrogen-bond acceptors (Lipinski definition) is 5. The van der Waals surface area contributed by atoms with Gasteiger partial charge in [-0.2, -0.15) is 0 Å². The van der Waals surface area contributed by atoms with Crippen molar-refractivity contribution in [2.75, 3.05) is 22.6 Å². The maximum Gasteiger partial charge on any atom is 0.272 e. The number of aliphatic hydroxyl groups is 1. The molecule has 0 unspecified atom stereocenters. The van der Waals surface area contributed by atoms with Gasteiger partial charge in [0.05, 0.1) is 22.8 Å². The molecular formula is C20H16F2N2O4S. The molecule has 9 heteroatoms. The highest BCUT2D eigenvalue weighted by atomic mass is 32.2. The number of thioether (sulfide) groups is 1. The first-order valence-electron chi connectivity index (χ1n) is 8.53. The monoisotopic (exact) mass is 418 g/mol. The lowest BCUT2D eigenvalue weighted by Crippen LogP contribution is -2.32. The number of rotatable bonds is 6. The van der Waals surface area contributed by atoms with Gasteiger partial charge >= 0.3 is 0 Å². The molecule has 0 saturated carbocycles. The number of hydrogen-bond donors (Lipinski definition) is 2. The van der Waals surface area contributed by atoms with E-state index >= 15 is 0 Å². The molecule has 1 heterocycles. The Morgan fingerprint density at radius 3 is 2.41 bits per heavy atom. The number of carbonyl (C=O) groups excluding carboxylic acids is 3. The molecule has 0 bridgehead atoms. The standard InChI is InChI=1S/C20H16F2N2O4S/c1-11(26)23-14-5-2-12(3-6-14)17-18(29-9-8-25)20(28)24(19(17)27)16-10-13(21)4-7-15(16)22/h2-7,10,25H,8-9H2,1H3,(H,23,26). The van der Waals surface area contributed by atoms with Crippen molar-refractivity contribution in [1.29, 1.82) is 0 Å². The summed E-state index contributed by atoms with van der Waals surface area (Å²) in [6.07, 6.45) is 0. The van der Waals surface area contributed by atoms with E-state index in [-0.39, 0.29) is 28.7 Å². The van der Waals surface area contributed by atoms with Crippen LogP contribution in [0, 0.1) is 11.6 Å². The lowest BCUT2D eigenvalue weighted by atomic mass is 10.1. The minimum absolute atomic E-state index is 0.0199. The molecule has 0 spiro atoms. The summed E-state index contributed by atoms with van der Waals surface area (Å²) in [7, 11) is 0. The number of anilines is 2. The molecule has 2 aromatic carbocycles. The number of halogens is 2. The van der Waals surface area contributed by atoms with Crippen molar-refractivity contribution in [2.24, 2.45) is 0 Å². The van der Waals surface area contributed by atoms with Crippen LogP contribution in [0.2, 0.25) is 0 Å². The normalized spacial score (nSPS) is 14.0. The highest BCUT2D eigenvalue weighted by Gasteiger charge is 2.41. The Kier molecular flexibility index (Phi) is 6.09. The van der Waals surface area contributed by atoms with Crippen LogP contribution in [0.3, 0.4) is 0 Å². The van der Waals surface area contributed by atoms with Crippen LogP contribution in [0.5, 0.6) is 0 Å². The second kappa shape index (κ2) is 8.54. The molecule has 0 aromatic heterocycles. The van der Waals surface area contributed by atoms with Gasteiger partial charge in [-0.3, -0.25) is 14.4 Å². The number of amides is 3. The van der Waals surface area contributed by atoms with Crippen LogP contribution < -0.4 is 10.2 Å². The van der Waals surface area contributed by atoms with E-state index in [0.717, 1.165) is 30.0 Å². The largest absolute Gasteiger partial charge is 0.396 e. The Hall–Kier alpha value is -3.04. The van der Waals surface area contributed by atoms with Crippen molar-refractivity contribution in [1.82, 2.24) is 0 Å². The molecule has 0 radical (unpaired) electrons. The van der Waals surface area contributed by atoms with Crippen LogP contribution in [0.1, 0.15) is 12.5 Å². The van der Waals surface area contributed by atoms with Crippen molar-refractivity contribution in [3.63, 3.8) is 0 Å². The first-order chi connectivity index (χ1) is 13.8. The minimum Gasteiger partial charge on any atom is -0.396 e. The zero-order valence-electron chi connectivity index (χ0n) is 15.2. The fraction of sp³-hybridized carbons (Fsp3) is 0.150. The molecule has 3 rings (SSSR count). The van der Waals surface area contributed by atoms with Crippen LogP contribution in [0.4, 0.5) is 20.2 Å². The summed E-state index contributed by atoms with van der Waals surface area (Å²) in [5, 5.41) is 11.7. The molecule has 0 fully saturated rings. The number of nitrogens with zero attached hydrogens (tertiary/aromatic N) is 1. The topological polar surface area (TPSA) is 86.7 Å². The van der Waals surface area contributed by atoms with Gasteiger partial charge in [0, 0.05) is 24.4 Å². The van der Waals surface area contributed by atoms with Gasteiger partial charge in [0.25, 0.3) is 11.8 Å². The highest BCUT2D eigenvalue weighted by Crippen LogP contribution is 2.39. The fourth-order valence-electron chi connectivity index (χ4n) is 2.85. The van der Waals surface area contributed by atoms with Crippen molar-refractivity contribution >= 4 is 46.4 Å². The maximum atomic E-state index is 14.2. The first kappa shape index (κ1) is 20.7. The van der Waals surface area contributed by atoms with Gasteiger partial charge in [0.2, 0.25) is 5.91 Å². The Morgan fingerprint density at radius 1 is 1.10 bits per heavy atom. The van der Waals surface area contributed by atoms with Crippen molar-refractivity contribution in [3.05, 3.63) is 64.6 Å². The lowest BCUT2D eigenvalue weighted by molar-refractivity contribution is -0.120. The summed E-state index contributed by atoms with van der Waals surface area (Å²) in [4.78, 5) is 37.7. The fourth-order valence-corrected chi connectivity index (χ4v) is 3.70. The van der Waals surface area contributed by atoms with E-state index in [4.69, 9.17) is 5.11 Å². The smallest absolute Gasteiger partial charge is 0.272 e. The van der Waals surface area contributed by atoms with Gasteiger partial charge in [-0.25, -0.2) is 13.7 Å². The summed E-state index contributed by atoms with van der Waals surface area (Å²) in [6.45, 7) is 1.11. The third kappa shape index (κ3) is 4.20. The van der Waals surface area contributed by atoms with Crippen LogP contribution in [-0.4, -0.2) is 35.2 Å². The predicted octanol–water partition coefficient (Wildman–Crippen LogP) is 2.93. The molecule has 2 N–H and O–H groups in total. The van der Waals surface area contributed by atoms with E-state index < -0.39 is 29.1 Å². The molecule has 1 aliphatic rings. The van der Waals surface area contributed by atoms with E-state index in [1.54, 1.807) is 12.1 Å². The molecule has 3 amide bonds. The molecule has 2 aromatic rings. The van der Waals surface area contributed by atoms with Crippen molar-refractivity contribution < 1.29 is 28.3 Å². The zero-order chi connectivity index (χ0) is 21.1. The van der Waals surface area contributed by atoms with Gasteiger partial charge < -0.3 is 10.4 Å². The number of nitrogens with one attached hydrogen (secondary N) is 1. The summed E-state index contributed by atoms with van der Waals surface area (Å²) < 4.78 is 27.9. The molecule has 1 aliphatic heterocycles. The van der Waals surface area contributed by atoms with Gasteiger partial charge in [-0.05, 0) is 29.8 Å². The Bertz CT molecular complexity index is 1020. The Labute approximate surface area is 169 Å². The van der Waals surface area contributed by atoms with Gasteiger partial charge in [0.1, 0.15) is 11.6 Å². The lowest BCUT2D eigenvalue weighted by Gasteiger charge is -2.16. The molecule has 6 nitrogen and oxygen atoms in total. The van der Waals surface area contributed by atoms with Crippen molar-refractivity contribution in [3.8, 4) is 0 Å². The third-order valence-electron chi connectivity index (χ3n) is 4.02. The quantitative estimate of drug-likeness (QED) is 0.705. The summed E-state index contributed by atoms with van der Waals surface area (Å²) in [5.41, 5.74) is 0.409. The Morgan fingerprint density at radius 2 is 1.79 bits per heavy atom. The zero-order valence-corrected chi connectivity index (χ0v) is 16.1. The maximum absolute atomic E-state index is 14.2. The first-order valence-corrected chi connectivity index (χ1v) is 9.52. The third-order valence-corrected chi connectivity index (χ3v) is 5.08. The molecule has 150 valence electrons. The number of aliphatic hydroxyl groups excluding tert-OH is 1. The van der Waals surface area contributed by atoms with Crippen LogP contribution in [0.25, 0.3) is 5.57 Å². The van der Waals surface area contributed by atoms with Crippen LogP contribution in [-0.2, 0) is 14.4 Å². The minimum atomic E-state index is -0.915. The molecule has 0 aliphatic carbocycles. The number of benzene rings is 2. The second-order valence-corrected chi connectivity index (χ2v) is 7.18.